The summed E-state index contributed by atoms with van der Waals surface area (Å²) < 4.78 is 2.63. The molecule has 2 N–H and O–H groups in total. The smallest absolute Gasteiger partial charge is 0.332 e. The Hall–Kier alpha value is -2.84. The summed E-state index contributed by atoms with van der Waals surface area (Å²) in [5.41, 5.74) is 0.295. The monoisotopic (exact) mass is 387 g/mol. The van der Waals surface area contributed by atoms with Crippen molar-refractivity contribution in [3.8, 4) is 0 Å². The molecule has 1 saturated heterocycles. The average molecular weight is 387 g/mol. The maximum Gasteiger partial charge on any atom is 0.332 e. The average Bonchev–Trinajstić information content (AvgIpc) is 3.11. The lowest BCUT2D eigenvalue weighted by molar-refractivity contribution is 0.672. The van der Waals surface area contributed by atoms with Crippen molar-refractivity contribution < 1.29 is 0 Å². The molecule has 2 aromatic heterocycles. The van der Waals surface area contributed by atoms with Crippen LogP contribution in [-0.2, 0) is 14.1 Å². The molecule has 0 bridgehead atoms. The highest BCUT2D eigenvalue weighted by Gasteiger charge is 2.25. The van der Waals surface area contributed by atoms with E-state index in [1.54, 1.807) is 7.05 Å². The first-order valence-corrected chi connectivity index (χ1v) is 9.77. The molecule has 1 aliphatic heterocycles. The van der Waals surface area contributed by atoms with Crippen molar-refractivity contribution in [3.05, 3.63) is 38.7 Å². The van der Waals surface area contributed by atoms with Gasteiger partial charge in [0.25, 0.3) is 5.56 Å². The van der Waals surface area contributed by atoms with Crippen molar-refractivity contribution in [2.75, 3.05) is 35.2 Å². The van der Waals surface area contributed by atoms with Crippen molar-refractivity contribution >= 4 is 17.6 Å². The van der Waals surface area contributed by atoms with Crippen LogP contribution in [0.2, 0.25) is 0 Å². The molecule has 3 rings (SSSR count). The quantitative estimate of drug-likeness (QED) is 0.686. The summed E-state index contributed by atoms with van der Waals surface area (Å²) in [4.78, 5) is 35.3. The number of aryl methyl sites for hydroxylation is 1. The fraction of sp³-hybridized carbons (Fsp3) is 0.579. The van der Waals surface area contributed by atoms with Crippen molar-refractivity contribution in [3.63, 3.8) is 0 Å². The van der Waals surface area contributed by atoms with Crippen LogP contribution in [0.15, 0.2) is 21.7 Å². The third-order valence-electron chi connectivity index (χ3n) is 5.04. The standard InChI is InChI=1S/C19H29N7O2/c1-5-6-8-20-15-10-13(2)21-18(23-15)22-14-7-9-26(12-14)16-11-17(27)25(4)19(28)24(16)3/h10-11,14H,5-9,12H2,1-4H3,(H2,20,21,22,23)/t14-/m0/s1. The van der Waals surface area contributed by atoms with Crippen molar-refractivity contribution in [2.45, 2.75) is 39.2 Å². The second kappa shape index (κ2) is 8.45. The molecule has 0 spiro atoms. The van der Waals surface area contributed by atoms with Gasteiger partial charge in [0, 0.05) is 57.6 Å². The second-order valence-electron chi connectivity index (χ2n) is 7.32. The highest BCUT2D eigenvalue weighted by Crippen LogP contribution is 2.20. The van der Waals surface area contributed by atoms with E-state index in [2.05, 4.69) is 32.4 Å². The fourth-order valence-electron chi connectivity index (χ4n) is 3.41. The summed E-state index contributed by atoms with van der Waals surface area (Å²) in [6.07, 6.45) is 3.10. The molecule has 0 amide bonds. The zero-order valence-corrected chi connectivity index (χ0v) is 17.0. The molecule has 1 atom stereocenters. The summed E-state index contributed by atoms with van der Waals surface area (Å²) in [5.74, 6) is 2.07. The zero-order valence-electron chi connectivity index (χ0n) is 17.0. The number of hydrogen-bond acceptors (Lipinski definition) is 7. The fourth-order valence-corrected chi connectivity index (χ4v) is 3.41. The predicted molar refractivity (Wildman–Crippen MR) is 111 cm³/mol. The minimum absolute atomic E-state index is 0.143. The molecule has 2 aromatic rings. The SMILES string of the molecule is CCCCNc1cc(C)nc(N[C@H]2CCN(c3cc(=O)n(C)c(=O)n3C)C2)n1. The van der Waals surface area contributed by atoms with Gasteiger partial charge in [-0.25, -0.2) is 9.78 Å². The molecule has 0 unspecified atom stereocenters. The van der Waals surface area contributed by atoms with Crippen LogP contribution in [0.1, 0.15) is 31.9 Å². The van der Waals surface area contributed by atoms with Crippen LogP contribution in [0.25, 0.3) is 0 Å². The molecule has 152 valence electrons. The predicted octanol–water partition coefficient (Wildman–Crippen LogP) is 1.09. The Kier molecular flexibility index (Phi) is 6.01. The van der Waals surface area contributed by atoms with Gasteiger partial charge in [-0.1, -0.05) is 13.3 Å². The highest BCUT2D eigenvalue weighted by molar-refractivity contribution is 5.45. The lowest BCUT2D eigenvalue weighted by Gasteiger charge is -2.21. The third kappa shape index (κ3) is 4.35. The van der Waals surface area contributed by atoms with E-state index in [1.165, 1.54) is 17.7 Å². The maximum atomic E-state index is 12.2. The van der Waals surface area contributed by atoms with E-state index < -0.39 is 0 Å². The second-order valence-corrected chi connectivity index (χ2v) is 7.32. The summed E-state index contributed by atoms with van der Waals surface area (Å²) >= 11 is 0. The van der Waals surface area contributed by atoms with Gasteiger partial charge in [-0.3, -0.25) is 13.9 Å². The maximum absolute atomic E-state index is 12.2. The van der Waals surface area contributed by atoms with Crippen LogP contribution in [-0.4, -0.2) is 44.8 Å². The van der Waals surface area contributed by atoms with Crippen LogP contribution < -0.4 is 26.8 Å². The first kappa shape index (κ1) is 19.9. The van der Waals surface area contributed by atoms with Crippen molar-refractivity contribution in [2.24, 2.45) is 14.1 Å². The Balaban J connectivity index is 1.70. The lowest BCUT2D eigenvalue weighted by Crippen LogP contribution is -2.40. The molecule has 1 fully saturated rings. The van der Waals surface area contributed by atoms with Crippen LogP contribution in [0.3, 0.4) is 0 Å². The molecule has 0 aromatic carbocycles. The van der Waals surface area contributed by atoms with Gasteiger partial charge >= 0.3 is 5.69 Å². The van der Waals surface area contributed by atoms with Crippen LogP contribution in [0, 0.1) is 6.92 Å². The number of nitrogens with one attached hydrogen (secondary N) is 2. The van der Waals surface area contributed by atoms with Gasteiger partial charge in [0.1, 0.15) is 11.6 Å². The summed E-state index contributed by atoms with van der Waals surface area (Å²) in [6.45, 7) is 6.43. The molecule has 28 heavy (non-hydrogen) atoms. The van der Waals surface area contributed by atoms with Crippen LogP contribution >= 0.6 is 0 Å². The number of aromatic nitrogens is 4. The van der Waals surface area contributed by atoms with E-state index in [9.17, 15) is 9.59 Å². The van der Waals surface area contributed by atoms with Crippen LogP contribution in [0.5, 0.6) is 0 Å². The number of anilines is 3. The third-order valence-corrected chi connectivity index (χ3v) is 5.04. The molecule has 0 saturated carbocycles. The molecule has 3 heterocycles. The summed E-state index contributed by atoms with van der Waals surface area (Å²) in [5, 5.41) is 6.73. The van der Waals surface area contributed by atoms with Gasteiger partial charge in [0.05, 0.1) is 0 Å². The molecule has 0 aliphatic carbocycles. The lowest BCUT2D eigenvalue weighted by atomic mass is 10.3. The minimum atomic E-state index is -0.316. The van der Waals surface area contributed by atoms with Gasteiger partial charge in [-0.05, 0) is 19.8 Å². The molecule has 9 nitrogen and oxygen atoms in total. The van der Waals surface area contributed by atoms with E-state index in [1.807, 2.05) is 13.0 Å². The summed E-state index contributed by atoms with van der Waals surface area (Å²) in [6, 6.07) is 3.60. The number of rotatable bonds is 7. The molecular formula is C19H29N7O2. The first-order chi connectivity index (χ1) is 13.4. The highest BCUT2D eigenvalue weighted by atomic mass is 16.2. The van der Waals surface area contributed by atoms with Crippen LogP contribution in [0.4, 0.5) is 17.6 Å². The topological polar surface area (TPSA) is 97.1 Å². The number of hydrogen-bond donors (Lipinski definition) is 2. The van der Waals surface area contributed by atoms with Crippen molar-refractivity contribution in [1.82, 2.24) is 19.1 Å². The van der Waals surface area contributed by atoms with Gasteiger partial charge < -0.3 is 15.5 Å². The molecular weight excluding hydrogens is 358 g/mol. The Labute approximate surface area is 164 Å². The van der Waals surface area contributed by atoms with Gasteiger partial charge in [0.15, 0.2) is 0 Å². The van der Waals surface area contributed by atoms with E-state index in [4.69, 9.17) is 0 Å². The Bertz CT molecular complexity index is 950. The van der Waals surface area contributed by atoms with E-state index in [0.717, 1.165) is 48.4 Å². The van der Waals surface area contributed by atoms with Gasteiger partial charge in [0.2, 0.25) is 5.95 Å². The van der Waals surface area contributed by atoms with Gasteiger partial charge in [-0.2, -0.15) is 4.98 Å². The Morgan fingerprint density at radius 1 is 1.18 bits per heavy atom. The van der Waals surface area contributed by atoms with E-state index >= 15 is 0 Å². The largest absolute Gasteiger partial charge is 0.370 e. The van der Waals surface area contributed by atoms with Crippen molar-refractivity contribution in [1.29, 1.82) is 0 Å². The minimum Gasteiger partial charge on any atom is -0.370 e. The number of unbranched alkanes of at least 4 members (excludes halogenated alkanes) is 1. The van der Waals surface area contributed by atoms with E-state index in [-0.39, 0.29) is 17.3 Å². The Morgan fingerprint density at radius 2 is 1.96 bits per heavy atom. The normalized spacial score (nSPS) is 16.4. The van der Waals surface area contributed by atoms with E-state index in [0.29, 0.717) is 18.3 Å². The summed E-state index contributed by atoms with van der Waals surface area (Å²) in [7, 11) is 3.18. The molecule has 0 radical (unpaired) electrons. The first-order valence-electron chi connectivity index (χ1n) is 9.77. The van der Waals surface area contributed by atoms with Gasteiger partial charge in [-0.15, -0.1) is 0 Å². The Morgan fingerprint density at radius 3 is 2.71 bits per heavy atom. The number of nitrogens with zero attached hydrogens (tertiary/aromatic N) is 5. The zero-order chi connectivity index (χ0) is 20.3. The molecule has 1 aliphatic rings. The molecule has 9 heteroatoms.